The standard InChI is InChI=1S/C53H66N14O11/c1-10-66-39(28-33(4)60-66)49(73)58-52-56-37-26-32(3)27-42(78-25-15-20-63(7)51(75)36(17-18-45(71)77-9)55-43(69)19-23-62(6)44(70)16-14-24-68)47(37)65(52)22-13-12-21-64-46-38(30-35(48(54)72)31-41(46)76-8)57-53(64)59-50(74)40-29-34(5)61-67(40)11-2/h12-14,16,24,26-31,36H,10-11,15,17-23,25H2,1-9H3,(H2,54,72)(H,55,69)(H,56,58,73)(H,57,59,74)/b13-12+,16-14-. The first-order valence-corrected chi connectivity index (χ1v) is 25.2. The number of carbonyl (C=O) groups is 8. The molecule has 78 heavy (non-hydrogen) atoms. The molecular weight excluding hydrogens is 1010 g/mol. The molecule has 4 heterocycles. The minimum Gasteiger partial charge on any atom is -0.494 e. The van der Waals surface area contributed by atoms with E-state index in [1.165, 1.54) is 43.2 Å². The predicted molar refractivity (Wildman–Crippen MR) is 288 cm³/mol. The number of anilines is 2. The maximum atomic E-state index is 14.0. The third-order valence-corrected chi connectivity index (χ3v) is 12.5. The van der Waals surface area contributed by atoms with Crippen LogP contribution >= 0.6 is 0 Å². The van der Waals surface area contributed by atoms with E-state index in [2.05, 4.69) is 26.1 Å². The normalized spacial score (nSPS) is 11.8. The highest BCUT2D eigenvalue weighted by Gasteiger charge is 2.27. The number of likely N-dealkylation sites (N-methyl/N-ethyl adjacent to an activating group) is 2. The zero-order chi connectivity index (χ0) is 56.8. The first kappa shape index (κ1) is 58.1. The van der Waals surface area contributed by atoms with E-state index < -0.39 is 47.5 Å². The number of ether oxygens (including phenoxy) is 3. The molecule has 0 radical (unpaired) electrons. The molecule has 6 aromatic rings. The monoisotopic (exact) mass is 1070 g/mol. The third-order valence-electron chi connectivity index (χ3n) is 12.5. The van der Waals surface area contributed by atoms with Gasteiger partial charge in [-0.3, -0.25) is 58.4 Å². The summed E-state index contributed by atoms with van der Waals surface area (Å²) in [6.07, 6.45) is 6.28. The van der Waals surface area contributed by atoms with Crippen LogP contribution in [0.25, 0.3) is 22.1 Å². The highest BCUT2D eigenvalue weighted by Crippen LogP contribution is 2.33. The summed E-state index contributed by atoms with van der Waals surface area (Å²) in [7, 11) is 5.71. The Labute approximate surface area is 449 Å². The van der Waals surface area contributed by atoms with Crippen molar-refractivity contribution in [1.29, 1.82) is 0 Å². The van der Waals surface area contributed by atoms with E-state index in [9.17, 15) is 38.4 Å². The summed E-state index contributed by atoms with van der Waals surface area (Å²) in [6, 6.07) is 9.00. The highest BCUT2D eigenvalue weighted by molar-refractivity contribution is 6.05. The Morgan fingerprint density at radius 2 is 1.32 bits per heavy atom. The van der Waals surface area contributed by atoms with Gasteiger partial charge in [-0.2, -0.15) is 10.2 Å². The maximum absolute atomic E-state index is 14.0. The van der Waals surface area contributed by atoms with Crippen LogP contribution in [-0.4, -0.2) is 150 Å². The van der Waals surface area contributed by atoms with Crippen molar-refractivity contribution in [2.45, 2.75) is 92.5 Å². The number of rotatable bonds is 27. The number of hydrogen-bond donors (Lipinski definition) is 4. The number of fused-ring (bicyclic) bond motifs is 2. The molecule has 25 nitrogen and oxygen atoms in total. The van der Waals surface area contributed by atoms with Crippen LogP contribution in [0.4, 0.5) is 11.9 Å². The van der Waals surface area contributed by atoms with Crippen LogP contribution in [-0.2, 0) is 54.9 Å². The molecule has 2 aromatic carbocycles. The van der Waals surface area contributed by atoms with Gasteiger partial charge in [-0.1, -0.05) is 12.2 Å². The zero-order valence-electron chi connectivity index (χ0n) is 45.2. The van der Waals surface area contributed by atoms with Crippen LogP contribution in [0.15, 0.2) is 60.7 Å². The van der Waals surface area contributed by atoms with Crippen LogP contribution in [0.5, 0.6) is 11.5 Å². The smallest absolute Gasteiger partial charge is 0.305 e. The number of primary amides is 1. The van der Waals surface area contributed by atoms with Gasteiger partial charge in [0.05, 0.1) is 43.2 Å². The van der Waals surface area contributed by atoms with Crippen LogP contribution in [0.1, 0.15) is 87.8 Å². The van der Waals surface area contributed by atoms with E-state index in [1.54, 1.807) is 51.5 Å². The number of benzene rings is 2. The summed E-state index contributed by atoms with van der Waals surface area (Å²) < 4.78 is 23.7. The Balaban J connectivity index is 1.26. The molecule has 0 saturated carbocycles. The van der Waals surface area contributed by atoms with Gasteiger partial charge in [-0.05, 0) is 95.5 Å². The molecule has 6 amide bonds. The van der Waals surface area contributed by atoms with Crippen molar-refractivity contribution >= 4 is 81.7 Å². The maximum Gasteiger partial charge on any atom is 0.305 e. The summed E-state index contributed by atoms with van der Waals surface area (Å²) >= 11 is 0. The molecule has 0 bridgehead atoms. The first-order valence-electron chi connectivity index (χ1n) is 25.2. The van der Waals surface area contributed by atoms with Crippen LogP contribution in [0.3, 0.4) is 0 Å². The zero-order valence-corrected chi connectivity index (χ0v) is 45.2. The lowest BCUT2D eigenvalue weighted by Gasteiger charge is -2.25. The average Bonchev–Trinajstić information content (AvgIpc) is 4.25. The second kappa shape index (κ2) is 26.6. The molecule has 0 saturated heterocycles. The number of hydrogen-bond acceptors (Lipinski definition) is 15. The Bertz CT molecular complexity index is 3290. The Morgan fingerprint density at radius 3 is 1.86 bits per heavy atom. The number of nitrogens with zero attached hydrogens (tertiary/aromatic N) is 10. The SMILES string of the molecule is CCn1nc(C)cc1C(=O)Nc1nc2cc(C(N)=O)cc(OC)c2n1C/C=C/Cn1c(NC(=O)c2cc(C)nn2CC)nc2cc(C)cc(OCCCN(C)C(=O)C(CCC(=O)OC)NC(=O)CCN(C)C(=O)/C=C\C=O)c21. The Hall–Kier alpha value is -9.16. The van der Waals surface area contributed by atoms with Crippen LogP contribution < -0.4 is 31.2 Å². The fourth-order valence-corrected chi connectivity index (χ4v) is 8.55. The number of aldehydes is 1. The van der Waals surface area contributed by atoms with Gasteiger partial charge >= 0.3 is 5.97 Å². The number of imidazole rings is 2. The minimum atomic E-state index is -1.08. The molecule has 0 aliphatic rings. The second-order valence-corrected chi connectivity index (χ2v) is 18.2. The lowest BCUT2D eigenvalue weighted by atomic mass is 10.1. The van der Waals surface area contributed by atoms with Crippen LogP contribution in [0, 0.1) is 20.8 Å². The van der Waals surface area contributed by atoms with Crippen LogP contribution in [0.2, 0.25) is 0 Å². The fourth-order valence-electron chi connectivity index (χ4n) is 8.55. The predicted octanol–water partition coefficient (Wildman–Crippen LogP) is 3.88. The Kier molecular flexibility index (Phi) is 19.8. The van der Waals surface area contributed by atoms with Gasteiger partial charge in [-0.25, -0.2) is 9.97 Å². The molecule has 25 heteroatoms. The number of nitrogens with two attached hydrogens (primary N) is 1. The number of aromatic nitrogens is 8. The number of amides is 6. The van der Waals surface area contributed by atoms with Crippen molar-refractivity contribution in [3.05, 3.63) is 94.6 Å². The molecule has 0 fully saturated rings. The van der Waals surface area contributed by atoms with E-state index in [-0.39, 0.29) is 69.5 Å². The van der Waals surface area contributed by atoms with Crippen molar-refractivity contribution in [1.82, 2.24) is 53.8 Å². The van der Waals surface area contributed by atoms with E-state index in [4.69, 9.17) is 29.9 Å². The fraction of sp³-hybridized carbons (Fsp3) is 0.396. The molecule has 0 aliphatic heterocycles. The van der Waals surface area contributed by atoms with Gasteiger partial charge in [0.1, 0.15) is 46.2 Å². The number of esters is 1. The number of allylic oxidation sites excluding steroid dienone is 3. The van der Waals surface area contributed by atoms with Gasteiger partial charge in [0.2, 0.25) is 35.5 Å². The Morgan fingerprint density at radius 1 is 0.744 bits per heavy atom. The molecule has 0 aliphatic carbocycles. The van der Waals surface area contributed by atoms with Crippen molar-refractivity contribution in [3.63, 3.8) is 0 Å². The summed E-state index contributed by atoms with van der Waals surface area (Å²) in [5.41, 5.74) is 10.5. The van der Waals surface area contributed by atoms with Gasteiger partial charge in [0.15, 0.2) is 0 Å². The van der Waals surface area contributed by atoms with Gasteiger partial charge in [0.25, 0.3) is 11.8 Å². The lowest BCUT2D eigenvalue weighted by molar-refractivity contribution is -0.142. The van der Waals surface area contributed by atoms with E-state index in [1.807, 2.05) is 45.1 Å². The van der Waals surface area contributed by atoms with Gasteiger partial charge < -0.3 is 44.2 Å². The molecule has 4 aromatic heterocycles. The summed E-state index contributed by atoms with van der Waals surface area (Å²) in [6.45, 7) is 10.7. The van der Waals surface area contributed by atoms with Gasteiger partial charge in [-0.15, -0.1) is 0 Å². The average molecular weight is 1080 g/mol. The molecule has 1 atom stereocenters. The first-order chi connectivity index (χ1) is 37.3. The number of nitrogens with one attached hydrogen (secondary N) is 3. The molecular formula is C53H66N14O11. The highest BCUT2D eigenvalue weighted by atomic mass is 16.5. The number of aryl methyl sites for hydroxylation is 5. The van der Waals surface area contributed by atoms with E-state index >= 15 is 0 Å². The topological polar surface area (TPSA) is 304 Å². The van der Waals surface area contributed by atoms with Crippen molar-refractivity contribution < 1.29 is 52.6 Å². The molecule has 414 valence electrons. The second-order valence-electron chi connectivity index (χ2n) is 18.2. The van der Waals surface area contributed by atoms with Crippen molar-refractivity contribution in [2.75, 3.05) is 58.6 Å². The van der Waals surface area contributed by atoms with E-state index in [0.717, 1.165) is 17.7 Å². The van der Waals surface area contributed by atoms with Gasteiger partial charge in [0, 0.05) is 77.8 Å². The third kappa shape index (κ3) is 14.2. The molecule has 0 spiro atoms. The molecule has 1 unspecified atom stereocenters. The van der Waals surface area contributed by atoms with E-state index in [0.29, 0.717) is 82.1 Å². The number of carbonyl (C=O) groups excluding carboxylic acids is 8. The van der Waals surface area contributed by atoms with Crippen molar-refractivity contribution in [3.8, 4) is 11.5 Å². The molecule has 6 rings (SSSR count). The quantitative estimate of drug-likeness (QED) is 0.0187. The molecule has 5 N–H and O–H groups in total. The number of methoxy groups -OCH3 is 2. The van der Waals surface area contributed by atoms with Crippen molar-refractivity contribution in [2.24, 2.45) is 5.73 Å². The lowest BCUT2D eigenvalue weighted by Crippen LogP contribution is -2.48. The minimum absolute atomic E-state index is 0.00788. The largest absolute Gasteiger partial charge is 0.494 e. The summed E-state index contributed by atoms with van der Waals surface area (Å²) in [5.74, 6) is -2.53. The summed E-state index contributed by atoms with van der Waals surface area (Å²) in [4.78, 5) is 114. The summed E-state index contributed by atoms with van der Waals surface area (Å²) in [5, 5.41) is 17.4.